The van der Waals surface area contributed by atoms with E-state index >= 15 is 0 Å². The Kier molecular flexibility index (Phi) is 2.44. The van der Waals surface area contributed by atoms with Gasteiger partial charge in [-0.15, -0.1) is 5.10 Å². The molecule has 0 unspecified atom stereocenters. The summed E-state index contributed by atoms with van der Waals surface area (Å²) < 4.78 is 45.1. The predicted octanol–water partition coefficient (Wildman–Crippen LogP) is 2.11. The number of aromatic nitrogens is 3. The second kappa shape index (κ2) is 3.90. The van der Waals surface area contributed by atoms with Crippen molar-refractivity contribution in [1.29, 1.82) is 0 Å². The lowest BCUT2D eigenvalue weighted by molar-refractivity contribution is -0.174. The lowest BCUT2D eigenvalue weighted by Crippen LogP contribution is -2.35. The molecule has 0 amide bonds. The zero-order chi connectivity index (χ0) is 13.6. The van der Waals surface area contributed by atoms with Crippen molar-refractivity contribution >= 4 is 11.9 Å². The average Bonchev–Trinajstić information content (AvgIpc) is 2.92. The van der Waals surface area contributed by atoms with Gasteiger partial charge in [0.25, 0.3) is 0 Å². The van der Waals surface area contributed by atoms with Crippen LogP contribution in [0, 0.1) is 0 Å². The highest BCUT2D eigenvalue weighted by Crippen LogP contribution is 2.42. The zero-order valence-corrected chi connectivity index (χ0v) is 9.55. The van der Waals surface area contributed by atoms with Crippen LogP contribution in [0.2, 0.25) is 0 Å². The number of hydrogen-bond acceptors (Lipinski definition) is 5. The topological polar surface area (TPSA) is 81.9 Å². The molecule has 0 radical (unpaired) electrons. The minimum Gasteiger partial charge on any atom is -0.467 e. The SMILES string of the molecule is Nc1nc2n(n1)[C@@H](C(F)(F)F)C[C@H](c1ccco1)N2. The molecule has 1 aliphatic rings. The number of nitrogens with zero attached hydrogens (tertiary/aromatic N) is 3. The van der Waals surface area contributed by atoms with Crippen LogP contribution in [0.25, 0.3) is 0 Å². The van der Waals surface area contributed by atoms with Crippen LogP contribution in [0.5, 0.6) is 0 Å². The first kappa shape index (κ1) is 11.9. The Morgan fingerprint density at radius 2 is 2.26 bits per heavy atom. The van der Waals surface area contributed by atoms with Gasteiger partial charge in [-0.05, 0) is 12.1 Å². The summed E-state index contributed by atoms with van der Waals surface area (Å²) in [6.07, 6.45) is -3.25. The van der Waals surface area contributed by atoms with E-state index < -0.39 is 18.3 Å². The van der Waals surface area contributed by atoms with E-state index in [9.17, 15) is 13.2 Å². The third kappa shape index (κ3) is 2.00. The van der Waals surface area contributed by atoms with Gasteiger partial charge in [-0.3, -0.25) is 0 Å². The molecule has 2 aromatic rings. The number of rotatable bonds is 1. The summed E-state index contributed by atoms with van der Waals surface area (Å²) in [6, 6.07) is 0.842. The third-order valence-electron chi connectivity index (χ3n) is 2.97. The van der Waals surface area contributed by atoms with Crippen LogP contribution < -0.4 is 11.1 Å². The minimum atomic E-state index is -4.43. The van der Waals surface area contributed by atoms with E-state index in [1.54, 1.807) is 12.1 Å². The van der Waals surface area contributed by atoms with Crippen molar-refractivity contribution in [2.75, 3.05) is 11.1 Å². The Morgan fingerprint density at radius 1 is 1.47 bits per heavy atom. The van der Waals surface area contributed by atoms with Gasteiger partial charge in [0.2, 0.25) is 11.9 Å². The van der Waals surface area contributed by atoms with E-state index in [0.29, 0.717) is 5.76 Å². The van der Waals surface area contributed by atoms with Gasteiger partial charge in [0, 0.05) is 6.42 Å². The zero-order valence-electron chi connectivity index (χ0n) is 9.55. The summed E-state index contributed by atoms with van der Waals surface area (Å²) in [5, 5.41) is 6.42. The maximum atomic E-state index is 13.1. The van der Waals surface area contributed by atoms with E-state index in [1.165, 1.54) is 6.26 Å². The van der Waals surface area contributed by atoms with Crippen molar-refractivity contribution in [2.24, 2.45) is 0 Å². The monoisotopic (exact) mass is 273 g/mol. The Labute approximate surface area is 105 Å². The number of nitrogen functional groups attached to an aromatic ring is 1. The summed E-state index contributed by atoms with van der Waals surface area (Å²) in [7, 11) is 0. The molecule has 0 spiro atoms. The Morgan fingerprint density at radius 3 is 2.89 bits per heavy atom. The van der Waals surface area contributed by atoms with Crippen molar-refractivity contribution in [1.82, 2.24) is 14.8 Å². The summed E-state index contributed by atoms with van der Waals surface area (Å²) >= 11 is 0. The molecular formula is C10H10F3N5O. The highest BCUT2D eigenvalue weighted by atomic mass is 19.4. The van der Waals surface area contributed by atoms with Crippen LogP contribution >= 0.6 is 0 Å². The van der Waals surface area contributed by atoms with Gasteiger partial charge < -0.3 is 15.5 Å². The van der Waals surface area contributed by atoms with Gasteiger partial charge in [0.05, 0.1) is 12.3 Å². The van der Waals surface area contributed by atoms with Gasteiger partial charge in [-0.25, -0.2) is 4.68 Å². The van der Waals surface area contributed by atoms with E-state index in [1.807, 2.05) is 0 Å². The Hall–Kier alpha value is -2.19. The van der Waals surface area contributed by atoms with Crippen molar-refractivity contribution < 1.29 is 17.6 Å². The average molecular weight is 273 g/mol. The molecule has 2 aromatic heterocycles. The van der Waals surface area contributed by atoms with Crippen molar-refractivity contribution in [3.8, 4) is 0 Å². The lowest BCUT2D eigenvalue weighted by Gasteiger charge is -2.31. The molecule has 3 N–H and O–H groups in total. The second-order valence-electron chi connectivity index (χ2n) is 4.24. The molecule has 0 fully saturated rings. The molecular weight excluding hydrogens is 263 g/mol. The predicted molar refractivity (Wildman–Crippen MR) is 59.2 cm³/mol. The molecule has 0 saturated carbocycles. The molecule has 0 aromatic carbocycles. The summed E-state index contributed by atoms with van der Waals surface area (Å²) in [6.45, 7) is 0. The van der Waals surface area contributed by atoms with Crippen LogP contribution in [-0.4, -0.2) is 20.9 Å². The van der Waals surface area contributed by atoms with E-state index in [4.69, 9.17) is 10.2 Å². The molecule has 0 aliphatic carbocycles. The molecule has 9 heteroatoms. The molecule has 0 saturated heterocycles. The van der Waals surface area contributed by atoms with Crippen LogP contribution in [0.1, 0.15) is 24.3 Å². The molecule has 1 aliphatic heterocycles. The first-order valence-electron chi connectivity index (χ1n) is 5.54. The molecule has 2 atom stereocenters. The molecule has 6 nitrogen and oxygen atoms in total. The van der Waals surface area contributed by atoms with E-state index in [2.05, 4.69) is 15.4 Å². The number of furan rings is 1. The van der Waals surface area contributed by atoms with Gasteiger partial charge in [0.15, 0.2) is 6.04 Å². The standard InChI is InChI=1S/C10H10F3N5O/c11-10(12,13)7-4-5(6-2-1-3-19-6)15-9-16-8(14)17-18(7)9/h1-3,5,7H,4H2,(H3,14,15,16,17)/t5-,7-/m1/s1. The maximum Gasteiger partial charge on any atom is 0.411 e. The molecule has 19 heavy (non-hydrogen) atoms. The highest BCUT2D eigenvalue weighted by molar-refractivity contribution is 5.37. The van der Waals surface area contributed by atoms with Gasteiger partial charge in [-0.2, -0.15) is 18.2 Å². The minimum absolute atomic E-state index is 0.00697. The molecule has 3 rings (SSSR count). The molecule has 102 valence electrons. The number of hydrogen-bond donors (Lipinski definition) is 2. The molecule has 0 bridgehead atoms. The lowest BCUT2D eigenvalue weighted by atomic mass is 10.0. The van der Waals surface area contributed by atoms with Gasteiger partial charge in [0.1, 0.15) is 5.76 Å². The molecule has 3 heterocycles. The number of anilines is 2. The van der Waals surface area contributed by atoms with Crippen molar-refractivity contribution in [2.45, 2.75) is 24.7 Å². The fourth-order valence-electron chi connectivity index (χ4n) is 2.14. The number of halogens is 3. The van der Waals surface area contributed by atoms with E-state index in [-0.39, 0.29) is 18.3 Å². The third-order valence-corrected chi connectivity index (χ3v) is 2.97. The highest BCUT2D eigenvalue weighted by Gasteiger charge is 2.47. The largest absolute Gasteiger partial charge is 0.467 e. The fourth-order valence-corrected chi connectivity index (χ4v) is 2.14. The van der Waals surface area contributed by atoms with Crippen LogP contribution in [-0.2, 0) is 0 Å². The van der Waals surface area contributed by atoms with Gasteiger partial charge in [-0.1, -0.05) is 0 Å². The van der Waals surface area contributed by atoms with Gasteiger partial charge >= 0.3 is 6.18 Å². The second-order valence-corrected chi connectivity index (χ2v) is 4.24. The summed E-state index contributed by atoms with van der Waals surface area (Å²) in [5.41, 5.74) is 5.35. The van der Waals surface area contributed by atoms with Crippen molar-refractivity contribution in [3.05, 3.63) is 24.2 Å². The summed E-state index contributed by atoms with van der Waals surface area (Å²) in [4.78, 5) is 3.75. The van der Waals surface area contributed by atoms with Crippen molar-refractivity contribution in [3.63, 3.8) is 0 Å². The fraction of sp³-hybridized carbons (Fsp3) is 0.400. The number of fused-ring (bicyclic) bond motifs is 1. The Bertz CT molecular complexity index is 576. The van der Waals surface area contributed by atoms with E-state index in [0.717, 1.165) is 4.68 Å². The smallest absolute Gasteiger partial charge is 0.411 e. The normalized spacial score (nSPS) is 22.9. The number of nitrogens with two attached hydrogens (primary N) is 1. The van der Waals surface area contributed by atoms with Crippen LogP contribution in [0.4, 0.5) is 25.1 Å². The quantitative estimate of drug-likeness (QED) is 0.831. The first-order valence-corrected chi connectivity index (χ1v) is 5.54. The Balaban J connectivity index is 2.01. The number of alkyl halides is 3. The first-order chi connectivity index (χ1) is 8.95. The summed E-state index contributed by atoms with van der Waals surface area (Å²) in [5.74, 6) is 0.214. The van der Waals surface area contributed by atoms with Crippen LogP contribution in [0.3, 0.4) is 0 Å². The maximum absolute atomic E-state index is 13.1. The van der Waals surface area contributed by atoms with Crippen LogP contribution in [0.15, 0.2) is 22.8 Å². The number of nitrogens with one attached hydrogen (secondary N) is 1.